The molecule has 0 amide bonds. The predicted octanol–water partition coefficient (Wildman–Crippen LogP) is 11.6. The predicted molar refractivity (Wildman–Crippen MR) is 512 cm³/mol. The van der Waals surface area contributed by atoms with E-state index in [1.807, 2.05) is 215 Å². The summed E-state index contributed by atoms with van der Waals surface area (Å²) < 4.78 is 40.0. The normalized spacial score (nSPS) is 8.88. The van der Waals surface area contributed by atoms with E-state index in [9.17, 15) is 0 Å². The molecule has 0 saturated carbocycles. The SMILES string of the molecule is Cc1ccncc1.Cc1ccncn1.Cc1ccnn1C.Cc1ccnnc1.Cc1ccno1.Cc1ccns1.Cc1cn[nH]n1.Cc1cnc[nH]1.Cc1cnn(C)c1.Cc1cnno1.Cc1cnns1.Cc1cnoc1.Cc1cnsc1.Cc1ncn[nH]1.Cc1nn[nH]n1.Cc1nn[nH]n1.Cc1nnco1.Cc1nncs1.Cn1ccnc1.Cn1ccnn1.Cn1cncn1.Cn1cnnc1. The lowest BCUT2D eigenvalue weighted by molar-refractivity contribution is 0.374. The molecule has 0 aliphatic rings. The third kappa shape index (κ3) is 77.5. The summed E-state index contributed by atoms with van der Waals surface area (Å²) in [5, 5.41) is 109. The molecule has 728 valence electrons. The van der Waals surface area contributed by atoms with Crippen molar-refractivity contribution < 1.29 is 18.0 Å². The Kier molecular flexibility index (Phi) is 68.9. The Hall–Kier alpha value is -16.9. The summed E-state index contributed by atoms with van der Waals surface area (Å²) in [6, 6.07) is 13.5. The quantitative estimate of drug-likeness (QED) is 0.0941. The lowest BCUT2D eigenvalue weighted by Crippen LogP contribution is -1.90. The third-order valence-corrected chi connectivity index (χ3v) is 15.7. The van der Waals surface area contributed by atoms with Gasteiger partial charge in [-0.1, -0.05) is 30.4 Å². The first-order chi connectivity index (χ1) is 66.0. The van der Waals surface area contributed by atoms with Gasteiger partial charge in [-0.25, -0.2) is 38.7 Å². The van der Waals surface area contributed by atoms with Crippen molar-refractivity contribution in [1.82, 2.24) is 240 Å². The highest BCUT2D eigenvalue weighted by molar-refractivity contribution is 7.09. The minimum Gasteiger partial charge on any atom is -0.428 e. The Labute approximate surface area is 807 Å². The maximum absolute atomic E-state index is 4.61. The topological polar surface area (TPSA) is 638 Å². The number of aromatic amines is 5. The minimum absolute atomic E-state index is 0.606. The van der Waals surface area contributed by atoms with E-state index in [-0.39, 0.29) is 0 Å². The van der Waals surface area contributed by atoms with Crippen molar-refractivity contribution >= 4 is 45.9 Å². The number of hydrogen-bond acceptors (Lipinski definition) is 45. The number of rotatable bonds is 0. The summed E-state index contributed by atoms with van der Waals surface area (Å²) in [6.45, 7) is 34.5. The summed E-state index contributed by atoms with van der Waals surface area (Å²) >= 11 is 5.99. The van der Waals surface area contributed by atoms with Gasteiger partial charge in [-0.15, -0.1) is 77.6 Å². The second kappa shape index (κ2) is 80.0. The molecule has 0 atom stereocenters. The van der Waals surface area contributed by atoms with E-state index in [2.05, 4.69) is 230 Å². The average Bonchev–Trinajstić information content (AvgIpc) is 1.83. The molecule has 22 heterocycles. The van der Waals surface area contributed by atoms with Crippen LogP contribution in [0, 0.1) is 125 Å². The Balaban J connectivity index is 0.000000718. The molecule has 5 N–H and O–H groups in total. The zero-order valence-corrected chi connectivity index (χ0v) is 83.8. The van der Waals surface area contributed by atoms with E-state index in [0.717, 1.165) is 55.4 Å². The highest BCUT2D eigenvalue weighted by atomic mass is 32.1. The lowest BCUT2D eigenvalue weighted by atomic mass is 10.3. The van der Waals surface area contributed by atoms with Gasteiger partial charge in [0.05, 0.1) is 67.9 Å². The molecule has 0 fully saturated rings. The van der Waals surface area contributed by atoms with Gasteiger partial charge in [0, 0.05) is 173 Å². The molecule has 137 heavy (non-hydrogen) atoms. The molecule has 0 unspecified atom stereocenters. The number of hydrogen-bond donors (Lipinski definition) is 5. The van der Waals surface area contributed by atoms with Crippen LogP contribution in [0.4, 0.5) is 0 Å². The maximum atomic E-state index is 4.61. The highest BCUT2D eigenvalue weighted by Gasteiger charge is 1.89. The van der Waals surface area contributed by atoms with Crippen LogP contribution in [0.5, 0.6) is 0 Å². The Bertz CT molecular complexity index is 4670. The van der Waals surface area contributed by atoms with E-state index in [4.69, 9.17) is 0 Å². The van der Waals surface area contributed by atoms with Crippen LogP contribution in [0.3, 0.4) is 0 Å². The van der Waals surface area contributed by atoms with Crippen molar-refractivity contribution in [2.24, 2.45) is 42.3 Å². The van der Waals surface area contributed by atoms with Crippen molar-refractivity contribution in [2.45, 2.75) is 125 Å². The number of nitrogens with one attached hydrogen (secondary N) is 5. The summed E-state index contributed by atoms with van der Waals surface area (Å²) in [5.74, 6) is 4.42. The van der Waals surface area contributed by atoms with Gasteiger partial charge >= 0.3 is 0 Å². The number of aryl methyl sites for hydroxylation is 24. The summed E-state index contributed by atoms with van der Waals surface area (Å²) in [4.78, 5) is 31.7. The third-order valence-electron chi connectivity index (χ3n) is 13.2. The molecule has 52 nitrogen and oxygen atoms in total. The molecular formula is C81H116N48O4S4. The van der Waals surface area contributed by atoms with Crippen molar-refractivity contribution in [3.8, 4) is 0 Å². The molecule has 0 spiro atoms. The fourth-order valence-electron chi connectivity index (χ4n) is 6.47. The van der Waals surface area contributed by atoms with Gasteiger partial charge in [0.1, 0.15) is 66.3 Å². The number of tetrazole rings is 2. The number of imidazole rings is 2. The monoisotopic (exact) mass is 1950 g/mol. The van der Waals surface area contributed by atoms with Gasteiger partial charge in [-0.05, 0) is 211 Å². The molecule has 0 bridgehead atoms. The van der Waals surface area contributed by atoms with E-state index < -0.39 is 0 Å². The van der Waals surface area contributed by atoms with Gasteiger partial charge in [-0.2, -0.15) is 56.4 Å². The van der Waals surface area contributed by atoms with E-state index in [0.29, 0.717) is 17.5 Å². The van der Waals surface area contributed by atoms with Crippen LogP contribution in [-0.4, -0.2) is 240 Å². The first-order valence-electron chi connectivity index (χ1n) is 39.9. The van der Waals surface area contributed by atoms with Crippen molar-refractivity contribution in [1.29, 1.82) is 0 Å². The van der Waals surface area contributed by atoms with Crippen LogP contribution >= 0.6 is 45.9 Å². The molecule has 22 aromatic heterocycles. The number of pyridine rings is 1. The molecule has 0 aromatic carbocycles. The largest absolute Gasteiger partial charge is 0.428 e. The molecule has 0 aliphatic heterocycles. The lowest BCUT2D eigenvalue weighted by Gasteiger charge is -1.87. The van der Waals surface area contributed by atoms with Crippen LogP contribution in [0.15, 0.2) is 259 Å². The second-order valence-electron chi connectivity index (χ2n) is 26.0. The number of nitrogens with zero attached hydrogens (tertiary/aromatic N) is 43. The fourth-order valence-corrected chi connectivity index (χ4v) is 8.06. The van der Waals surface area contributed by atoms with Crippen LogP contribution in [0.2, 0.25) is 0 Å². The molecule has 22 rings (SSSR count). The summed E-state index contributed by atoms with van der Waals surface area (Å²) in [7, 11) is 11.3. The molecule has 0 saturated heterocycles. The van der Waals surface area contributed by atoms with Crippen LogP contribution in [0.1, 0.15) is 100 Å². The highest BCUT2D eigenvalue weighted by Crippen LogP contribution is 2.00. The van der Waals surface area contributed by atoms with Gasteiger partial charge < -0.3 is 32.1 Å². The zero-order valence-electron chi connectivity index (χ0n) is 80.5. The molecular weight excluding hydrogens is 1840 g/mol. The molecule has 22 aromatic rings. The number of aromatic nitrogens is 48. The second-order valence-corrected chi connectivity index (χ2v) is 29.8. The van der Waals surface area contributed by atoms with Gasteiger partial charge in [0.15, 0.2) is 17.4 Å². The van der Waals surface area contributed by atoms with Crippen LogP contribution in [0.25, 0.3) is 0 Å². The molecule has 0 radical (unpaired) electrons. The fraction of sp³-hybridized carbons (Fsp3) is 0.296. The molecule has 0 aliphatic carbocycles. The van der Waals surface area contributed by atoms with E-state index in [1.54, 1.807) is 206 Å². The van der Waals surface area contributed by atoms with Crippen LogP contribution in [-0.2, 0) is 42.3 Å². The first kappa shape index (κ1) is 118. The maximum Gasteiger partial charge on any atom is 0.213 e. The van der Waals surface area contributed by atoms with E-state index >= 15 is 0 Å². The average molecular weight is 1950 g/mol. The first-order valence-corrected chi connectivity index (χ1v) is 43.1. The van der Waals surface area contributed by atoms with E-state index in [1.165, 1.54) is 87.2 Å². The van der Waals surface area contributed by atoms with Gasteiger partial charge in [0.2, 0.25) is 12.3 Å². The number of H-pyrrole nitrogens is 5. The van der Waals surface area contributed by atoms with Crippen molar-refractivity contribution in [2.75, 3.05) is 0 Å². The summed E-state index contributed by atoms with van der Waals surface area (Å²) in [5.41, 5.74) is 11.9. The van der Waals surface area contributed by atoms with Crippen molar-refractivity contribution in [3.05, 3.63) is 341 Å². The minimum atomic E-state index is 0.606. The zero-order chi connectivity index (χ0) is 101. The molecule has 56 heteroatoms. The summed E-state index contributed by atoms with van der Waals surface area (Å²) in [6.07, 6.45) is 50.8. The van der Waals surface area contributed by atoms with Gasteiger partial charge in [-0.3, -0.25) is 28.8 Å². The Morgan fingerprint density at radius 3 is 1.34 bits per heavy atom. The van der Waals surface area contributed by atoms with Crippen molar-refractivity contribution in [3.63, 3.8) is 0 Å². The van der Waals surface area contributed by atoms with Gasteiger partial charge in [0.25, 0.3) is 0 Å². The Morgan fingerprint density at radius 2 is 1.16 bits per heavy atom. The standard InChI is InChI=1S/C6H7N.2C5H8N2.2C5H6N2.2C4H6N2.2C4H5NO.2C4H5NS.5C3H5N3.2C3H4N2O.2C3H4N2S.2C2H4N4/c1-6-2-4-7-5-3-6;1-5-3-6-7(2)4-5;1-5-3-4-6-7(5)2;1-5-2-3-6-4-7-5;1-5-2-3-6-7-4-5;1-4-2-5-3-6-4;1-6-3-2-5-4-6;1-4-2-5-6-3-4;1-4-2-3-5-6-4;1-4-2-5-6-3-4;1-4-2-3-5-6-4;1-6-2-4-5-3-6;1-6-3-4-2-5-6;1-6-3-2-4-5-6;1-3-4-2-5-6-3;1-3-2-4-6-5-3;1-3-5-4-2-6-3;1-3-2-4-5-6-3;1-3-5-4-2-6-3;1-3-2-4-5-6-3;2*1-2-3-5-6-4-2/h2-5H,1H3;2*3-4H,1-2H3;2*2-4H,1H3;2-3H,1H3,(H,5,6);2-4H,1H3;7*2-3H,1H3;2*2H,1H3,(H,4,5,6);4*2H,1H3;2*1H3,(H,3,4,5,6). The smallest absolute Gasteiger partial charge is 0.213 e. The van der Waals surface area contributed by atoms with Crippen LogP contribution < -0.4 is 0 Å². The Morgan fingerprint density at radius 1 is 0.416 bits per heavy atom.